The summed E-state index contributed by atoms with van der Waals surface area (Å²) >= 11 is 0. The molecule has 0 atom stereocenters. The van der Waals surface area contributed by atoms with Gasteiger partial charge in [0.25, 0.3) is 5.91 Å². The van der Waals surface area contributed by atoms with E-state index >= 15 is 0 Å². The molecule has 0 saturated carbocycles. The molecule has 0 fully saturated rings. The Balaban J connectivity index is 2.29. The molecule has 0 unspecified atom stereocenters. The summed E-state index contributed by atoms with van der Waals surface area (Å²) in [5.41, 5.74) is 7.76. The molecule has 1 amide bonds. The Bertz CT molecular complexity index is 894. The molecule has 21 heavy (non-hydrogen) atoms. The lowest BCUT2D eigenvalue weighted by molar-refractivity contribution is 0.0997. The van der Waals surface area contributed by atoms with Crippen LogP contribution in [0.2, 0.25) is 0 Å². The largest absolute Gasteiger partial charge is 0.364 e. The maximum Gasteiger partial charge on any atom is 0.267 e. The van der Waals surface area contributed by atoms with E-state index in [1.54, 1.807) is 12.1 Å². The van der Waals surface area contributed by atoms with Crippen LogP contribution in [0.4, 0.5) is 0 Å². The molecule has 1 heterocycles. The van der Waals surface area contributed by atoms with E-state index in [0.29, 0.717) is 10.9 Å². The number of rotatable bonds is 2. The van der Waals surface area contributed by atoms with Crippen LogP contribution in [-0.2, 0) is 0 Å². The summed E-state index contributed by atoms with van der Waals surface area (Å²) in [5, 5.41) is 10.7. The molecule has 0 saturated heterocycles. The van der Waals surface area contributed by atoms with Gasteiger partial charge in [-0.25, -0.2) is 4.98 Å². The third-order valence-corrected chi connectivity index (χ3v) is 3.30. The molecule has 0 aliphatic carbocycles. The first-order valence-corrected chi connectivity index (χ1v) is 6.31. The van der Waals surface area contributed by atoms with E-state index in [1.807, 2.05) is 36.4 Å². The first-order chi connectivity index (χ1) is 10.2. The number of benzene rings is 2. The molecular weight excluding hydrogens is 262 g/mol. The van der Waals surface area contributed by atoms with Gasteiger partial charge in [-0.15, -0.1) is 0 Å². The highest BCUT2D eigenvalue weighted by atomic mass is 16.1. The molecule has 3 rings (SSSR count). The second-order valence-corrected chi connectivity index (χ2v) is 4.56. The summed E-state index contributed by atoms with van der Waals surface area (Å²) in [4.78, 5) is 15.4. The third-order valence-electron chi connectivity index (χ3n) is 3.30. The molecule has 1 aromatic heterocycles. The van der Waals surface area contributed by atoms with Crippen LogP contribution in [0.1, 0.15) is 16.1 Å². The number of aromatic nitrogens is 1. The lowest BCUT2D eigenvalue weighted by atomic mass is 9.97. The van der Waals surface area contributed by atoms with Crippen LogP contribution in [0, 0.1) is 17.5 Å². The van der Waals surface area contributed by atoms with Gasteiger partial charge in [0, 0.05) is 5.39 Å². The second kappa shape index (κ2) is 5.06. The SMILES string of the molecule is N#Cc1ccccc1-c1ccc2c[c]nc(C(N)=O)c2c1. The minimum absolute atomic E-state index is 0.184. The molecule has 2 N–H and O–H groups in total. The van der Waals surface area contributed by atoms with Crippen molar-refractivity contribution in [3.8, 4) is 17.2 Å². The Kier molecular flexibility index (Phi) is 3.09. The van der Waals surface area contributed by atoms with Crippen molar-refractivity contribution in [2.75, 3.05) is 0 Å². The number of carbonyl (C=O) groups is 1. The van der Waals surface area contributed by atoms with Gasteiger partial charge in [0.2, 0.25) is 0 Å². The van der Waals surface area contributed by atoms with Gasteiger partial charge in [0.1, 0.15) is 5.69 Å². The number of hydrogen-bond acceptors (Lipinski definition) is 3. The molecule has 4 heteroatoms. The van der Waals surface area contributed by atoms with Crippen LogP contribution in [0.15, 0.2) is 48.5 Å². The Hall–Kier alpha value is -3.19. The molecule has 0 bridgehead atoms. The fourth-order valence-electron chi connectivity index (χ4n) is 2.30. The van der Waals surface area contributed by atoms with E-state index in [0.717, 1.165) is 16.5 Å². The monoisotopic (exact) mass is 272 g/mol. The number of carbonyl (C=O) groups excluding carboxylic acids is 1. The van der Waals surface area contributed by atoms with Crippen molar-refractivity contribution in [3.63, 3.8) is 0 Å². The zero-order valence-corrected chi connectivity index (χ0v) is 11.0. The molecule has 0 aliphatic rings. The molecule has 1 radical (unpaired) electrons. The van der Waals surface area contributed by atoms with Crippen molar-refractivity contribution in [1.82, 2.24) is 4.98 Å². The van der Waals surface area contributed by atoms with Crippen LogP contribution in [0.5, 0.6) is 0 Å². The predicted octanol–water partition coefficient (Wildman–Crippen LogP) is 2.67. The summed E-state index contributed by atoms with van der Waals surface area (Å²) in [6, 6.07) is 16.8. The zero-order chi connectivity index (χ0) is 14.8. The Morgan fingerprint density at radius 1 is 1.24 bits per heavy atom. The minimum Gasteiger partial charge on any atom is -0.364 e. The van der Waals surface area contributed by atoms with Crippen molar-refractivity contribution >= 4 is 16.7 Å². The van der Waals surface area contributed by atoms with Crippen molar-refractivity contribution < 1.29 is 4.79 Å². The van der Waals surface area contributed by atoms with Crippen LogP contribution in [0.3, 0.4) is 0 Å². The van der Waals surface area contributed by atoms with E-state index in [2.05, 4.69) is 17.3 Å². The number of nitrogens with two attached hydrogens (primary N) is 1. The number of nitrogens with zero attached hydrogens (tertiary/aromatic N) is 2. The maximum atomic E-state index is 11.5. The molecule has 3 aromatic rings. The number of nitriles is 1. The first-order valence-electron chi connectivity index (χ1n) is 6.31. The van der Waals surface area contributed by atoms with E-state index in [-0.39, 0.29) is 5.69 Å². The maximum absolute atomic E-state index is 11.5. The van der Waals surface area contributed by atoms with Gasteiger partial charge in [-0.1, -0.05) is 30.3 Å². The summed E-state index contributed by atoms with van der Waals surface area (Å²) in [6.45, 7) is 0. The Labute approximate surface area is 121 Å². The van der Waals surface area contributed by atoms with Crippen molar-refractivity contribution in [2.24, 2.45) is 5.73 Å². The van der Waals surface area contributed by atoms with Crippen molar-refractivity contribution in [2.45, 2.75) is 0 Å². The van der Waals surface area contributed by atoms with Crippen LogP contribution >= 0.6 is 0 Å². The van der Waals surface area contributed by atoms with Gasteiger partial charge >= 0.3 is 0 Å². The average Bonchev–Trinajstić information content (AvgIpc) is 2.53. The van der Waals surface area contributed by atoms with Crippen LogP contribution in [-0.4, -0.2) is 10.9 Å². The van der Waals surface area contributed by atoms with Crippen LogP contribution in [0.25, 0.3) is 21.9 Å². The molecular formula is C17H10N3O. The fourth-order valence-corrected chi connectivity index (χ4v) is 2.30. The summed E-state index contributed by atoms with van der Waals surface area (Å²) in [7, 11) is 0. The topological polar surface area (TPSA) is 79.8 Å². The summed E-state index contributed by atoms with van der Waals surface area (Å²) < 4.78 is 0. The van der Waals surface area contributed by atoms with Gasteiger partial charge < -0.3 is 5.73 Å². The number of amides is 1. The quantitative estimate of drug-likeness (QED) is 0.778. The smallest absolute Gasteiger partial charge is 0.267 e. The molecule has 0 spiro atoms. The number of primary amides is 1. The molecule has 2 aromatic carbocycles. The van der Waals surface area contributed by atoms with Crippen molar-refractivity contribution in [3.05, 3.63) is 66.0 Å². The first kappa shape index (κ1) is 12.8. The normalized spacial score (nSPS) is 10.2. The highest BCUT2D eigenvalue weighted by molar-refractivity contribution is 6.05. The molecule has 4 nitrogen and oxygen atoms in total. The lowest BCUT2D eigenvalue weighted by Gasteiger charge is -2.07. The minimum atomic E-state index is -0.595. The van der Waals surface area contributed by atoms with Crippen molar-refractivity contribution in [1.29, 1.82) is 5.26 Å². The summed E-state index contributed by atoms with van der Waals surface area (Å²) in [5.74, 6) is -0.595. The molecule has 0 aliphatic heterocycles. The van der Waals surface area contributed by atoms with Gasteiger partial charge in [-0.05, 0) is 34.7 Å². The van der Waals surface area contributed by atoms with Gasteiger partial charge in [0.15, 0.2) is 0 Å². The van der Waals surface area contributed by atoms with Gasteiger partial charge in [0.05, 0.1) is 17.8 Å². The zero-order valence-electron chi connectivity index (χ0n) is 11.0. The number of pyridine rings is 1. The number of fused-ring (bicyclic) bond motifs is 1. The van der Waals surface area contributed by atoms with E-state index in [9.17, 15) is 10.1 Å². The summed E-state index contributed by atoms with van der Waals surface area (Å²) in [6.07, 6.45) is 2.66. The molecule has 99 valence electrons. The second-order valence-electron chi connectivity index (χ2n) is 4.56. The highest BCUT2D eigenvalue weighted by Gasteiger charge is 2.10. The van der Waals surface area contributed by atoms with E-state index < -0.39 is 5.91 Å². The van der Waals surface area contributed by atoms with Crippen LogP contribution < -0.4 is 5.73 Å². The van der Waals surface area contributed by atoms with E-state index in [4.69, 9.17) is 5.73 Å². The standard InChI is InChI=1S/C17H10N3O/c18-10-13-3-1-2-4-14(13)12-6-5-11-7-8-20-16(17(19)21)15(11)9-12/h1-7,9H,(H2,19,21). The van der Waals surface area contributed by atoms with Gasteiger partial charge in [-0.3, -0.25) is 4.79 Å². The third kappa shape index (κ3) is 2.21. The predicted molar refractivity (Wildman–Crippen MR) is 79.2 cm³/mol. The average molecular weight is 272 g/mol. The fraction of sp³-hybridized carbons (Fsp3) is 0. The lowest BCUT2D eigenvalue weighted by Crippen LogP contribution is -2.13. The Morgan fingerprint density at radius 2 is 2.05 bits per heavy atom. The van der Waals surface area contributed by atoms with E-state index in [1.165, 1.54) is 0 Å². The number of hydrogen-bond donors (Lipinski definition) is 1. The Morgan fingerprint density at radius 3 is 2.81 bits per heavy atom. The van der Waals surface area contributed by atoms with Gasteiger partial charge in [-0.2, -0.15) is 5.26 Å². The highest BCUT2D eigenvalue weighted by Crippen LogP contribution is 2.27.